The molecular weight excluding hydrogens is 321 g/mol. The molecule has 0 aromatic heterocycles. The van der Waals surface area contributed by atoms with Gasteiger partial charge in [0, 0.05) is 21.2 Å². The third kappa shape index (κ3) is 2.52. The molecule has 0 fully saturated rings. The summed E-state index contributed by atoms with van der Waals surface area (Å²) in [5.41, 5.74) is 1.32. The van der Waals surface area contributed by atoms with E-state index in [2.05, 4.69) is 0 Å². The highest BCUT2D eigenvalue weighted by Gasteiger charge is 2.15. The zero-order valence-corrected chi connectivity index (χ0v) is 12.1. The molecule has 0 saturated heterocycles. The molecular formula is C12H5Cl5. The van der Waals surface area contributed by atoms with Crippen molar-refractivity contribution in [1.82, 2.24) is 0 Å². The Balaban J connectivity index is 2.74. The zero-order chi connectivity index (χ0) is 12.6. The maximum Gasteiger partial charge on any atom is 0.0784 e. The van der Waals surface area contributed by atoms with Crippen LogP contribution >= 0.6 is 58.0 Å². The van der Waals surface area contributed by atoms with Crippen LogP contribution in [0.25, 0.3) is 11.1 Å². The molecule has 2 rings (SSSR count). The van der Waals surface area contributed by atoms with E-state index in [-0.39, 0.29) is 0 Å². The van der Waals surface area contributed by atoms with E-state index in [9.17, 15) is 0 Å². The zero-order valence-electron chi connectivity index (χ0n) is 8.28. The smallest absolute Gasteiger partial charge is 0.0784 e. The lowest BCUT2D eigenvalue weighted by molar-refractivity contribution is 1.61. The maximum absolute atomic E-state index is 6.14. The van der Waals surface area contributed by atoms with Crippen LogP contribution in [-0.2, 0) is 0 Å². The Kier molecular flexibility index (Phi) is 4.12. The normalized spacial score (nSPS) is 10.6. The first-order valence-corrected chi connectivity index (χ1v) is 6.49. The van der Waals surface area contributed by atoms with Crippen LogP contribution in [0.15, 0.2) is 30.3 Å². The number of halogens is 5. The van der Waals surface area contributed by atoms with E-state index < -0.39 is 0 Å². The predicted octanol–water partition coefficient (Wildman–Crippen LogP) is 6.62. The number of benzene rings is 2. The van der Waals surface area contributed by atoms with Crippen molar-refractivity contribution in [3.8, 4) is 11.1 Å². The van der Waals surface area contributed by atoms with Crippen molar-refractivity contribution in [2.45, 2.75) is 0 Å². The van der Waals surface area contributed by atoms with Crippen molar-refractivity contribution in [3.05, 3.63) is 55.4 Å². The first-order valence-electron chi connectivity index (χ1n) is 4.60. The topological polar surface area (TPSA) is 0 Å². The summed E-state index contributed by atoms with van der Waals surface area (Å²) in [4.78, 5) is 0. The van der Waals surface area contributed by atoms with Gasteiger partial charge in [-0.05, 0) is 18.2 Å². The van der Waals surface area contributed by atoms with Crippen molar-refractivity contribution < 1.29 is 0 Å². The van der Waals surface area contributed by atoms with E-state index in [4.69, 9.17) is 58.0 Å². The van der Waals surface area contributed by atoms with Gasteiger partial charge in [0.15, 0.2) is 0 Å². The maximum atomic E-state index is 6.14. The number of rotatable bonds is 1. The van der Waals surface area contributed by atoms with Crippen molar-refractivity contribution >= 4 is 58.0 Å². The monoisotopic (exact) mass is 324 g/mol. The van der Waals surface area contributed by atoms with Crippen molar-refractivity contribution in [1.29, 1.82) is 0 Å². The van der Waals surface area contributed by atoms with Crippen LogP contribution in [0.3, 0.4) is 0 Å². The highest BCUT2D eigenvalue weighted by molar-refractivity contribution is 6.50. The first kappa shape index (κ1) is 13.3. The van der Waals surface area contributed by atoms with E-state index in [0.717, 1.165) is 0 Å². The summed E-state index contributed by atoms with van der Waals surface area (Å²) in [7, 11) is 0. The summed E-state index contributed by atoms with van der Waals surface area (Å²) >= 11 is 30.2. The molecule has 88 valence electrons. The van der Waals surface area contributed by atoms with E-state index >= 15 is 0 Å². The van der Waals surface area contributed by atoms with E-state index in [1.54, 1.807) is 30.3 Å². The summed E-state index contributed by atoms with van der Waals surface area (Å²) in [5, 5.41) is 2.05. The average Bonchev–Trinajstić information content (AvgIpc) is 2.29. The van der Waals surface area contributed by atoms with Crippen LogP contribution in [0, 0.1) is 0 Å². The van der Waals surface area contributed by atoms with E-state index in [0.29, 0.717) is 36.2 Å². The molecule has 0 nitrogen and oxygen atoms in total. The van der Waals surface area contributed by atoms with Gasteiger partial charge in [-0.2, -0.15) is 0 Å². The Labute approximate surface area is 124 Å². The SMILES string of the molecule is Clc1ccc(-c2c(Cl)cccc2Cl)c(Cl)c1Cl. The molecule has 0 N–H and O–H groups in total. The second-order valence-electron chi connectivity index (χ2n) is 3.32. The molecule has 2 aromatic carbocycles. The van der Waals surface area contributed by atoms with Crippen LogP contribution in [0.5, 0.6) is 0 Å². The Morgan fingerprint density at radius 1 is 0.588 bits per heavy atom. The van der Waals surface area contributed by atoms with Gasteiger partial charge in [0.1, 0.15) is 0 Å². The summed E-state index contributed by atoms with van der Waals surface area (Å²) in [6.45, 7) is 0. The fourth-order valence-electron chi connectivity index (χ4n) is 1.47. The largest absolute Gasteiger partial charge is 0.0836 e. The lowest BCUT2D eigenvalue weighted by Crippen LogP contribution is -1.84. The summed E-state index contributed by atoms with van der Waals surface area (Å²) in [5.74, 6) is 0. The van der Waals surface area contributed by atoms with E-state index in [1.807, 2.05) is 0 Å². The van der Waals surface area contributed by atoms with Crippen LogP contribution in [0.2, 0.25) is 25.1 Å². The first-order chi connectivity index (χ1) is 8.02. The molecule has 0 bridgehead atoms. The molecule has 0 saturated carbocycles. The fourth-order valence-corrected chi connectivity index (χ4v) is 2.71. The molecule has 0 radical (unpaired) electrons. The molecule has 0 aliphatic rings. The average molecular weight is 326 g/mol. The van der Waals surface area contributed by atoms with Crippen molar-refractivity contribution in [2.75, 3.05) is 0 Å². The summed E-state index contributed by atoms with van der Waals surface area (Å²) in [6, 6.07) is 8.64. The van der Waals surface area contributed by atoms with Gasteiger partial charge in [0.25, 0.3) is 0 Å². The van der Waals surface area contributed by atoms with Gasteiger partial charge < -0.3 is 0 Å². The Morgan fingerprint density at radius 2 is 1.18 bits per heavy atom. The van der Waals surface area contributed by atoms with Gasteiger partial charge in [0.2, 0.25) is 0 Å². The van der Waals surface area contributed by atoms with Crippen LogP contribution in [-0.4, -0.2) is 0 Å². The summed E-state index contributed by atoms with van der Waals surface area (Å²) in [6.07, 6.45) is 0. The third-order valence-corrected chi connectivity index (χ3v) is 4.19. The third-order valence-electron chi connectivity index (χ3n) is 2.27. The van der Waals surface area contributed by atoms with Gasteiger partial charge in [-0.3, -0.25) is 0 Å². The van der Waals surface area contributed by atoms with Gasteiger partial charge in [0.05, 0.1) is 15.1 Å². The molecule has 0 heterocycles. The Bertz CT molecular complexity index is 557. The lowest BCUT2D eigenvalue weighted by atomic mass is 10.1. The second kappa shape index (κ2) is 5.26. The van der Waals surface area contributed by atoms with Gasteiger partial charge in [-0.25, -0.2) is 0 Å². The van der Waals surface area contributed by atoms with Crippen LogP contribution in [0.4, 0.5) is 0 Å². The molecule has 0 amide bonds. The van der Waals surface area contributed by atoms with Crippen molar-refractivity contribution in [3.63, 3.8) is 0 Å². The highest BCUT2D eigenvalue weighted by Crippen LogP contribution is 2.43. The molecule has 0 aliphatic carbocycles. The lowest BCUT2D eigenvalue weighted by Gasteiger charge is -2.10. The fraction of sp³-hybridized carbons (Fsp3) is 0. The van der Waals surface area contributed by atoms with Crippen LogP contribution in [0.1, 0.15) is 0 Å². The minimum Gasteiger partial charge on any atom is -0.0836 e. The molecule has 17 heavy (non-hydrogen) atoms. The number of hydrogen-bond acceptors (Lipinski definition) is 0. The van der Waals surface area contributed by atoms with Crippen LogP contribution < -0.4 is 0 Å². The van der Waals surface area contributed by atoms with Gasteiger partial charge in [-0.15, -0.1) is 0 Å². The molecule has 0 aliphatic heterocycles. The van der Waals surface area contributed by atoms with Crippen molar-refractivity contribution in [2.24, 2.45) is 0 Å². The second-order valence-corrected chi connectivity index (χ2v) is 5.30. The standard InChI is InChI=1S/C12H5Cl5/c13-7-2-1-3-8(14)10(7)6-4-5-9(15)12(17)11(6)16/h1-5H. The quantitative estimate of drug-likeness (QED) is 0.517. The highest BCUT2D eigenvalue weighted by atomic mass is 35.5. The Hall–Kier alpha value is -0.110. The number of hydrogen-bond donors (Lipinski definition) is 0. The molecule has 0 unspecified atom stereocenters. The molecule has 0 spiro atoms. The minimum atomic E-state index is 0.293. The summed E-state index contributed by atoms with van der Waals surface area (Å²) < 4.78 is 0. The molecule has 0 atom stereocenters. The Morgan fingerprint density at radius 3 is 1.76 bits per heavy atom. The molecule has 5 heteroatoms. The van der Waals surface area contributed by atoms with Gasteiger partial charge >= 0.3 is 0 Å². The predicted molar refractivity (Wildman–Crippen MR) is 76.9 cm³/mol. The molecule has 2 aromatic rings. The van der Waals surface area contributed by atoms with E-state index in [1.165, 1.54) is 0 Å². The van der Waals surface area contributed by atoms with Gasteiger partial charge in [-0.1, -0.05) is 70.1 Å². The minimum absolute atomic E-state index is 0.293.